The van der Waals surface area contributed by atoms with Gasteiger partial charge in [0.2, 0.25) is 0 Å². The summed E-state index contributed by atoms with van der Waals surface area (Å²) in [6.45, 7) is 0.263. The van der Waals surface area contributed by atoms with Crippen LogP contribution in [0.25, 0.3) is 0 Å². The van der Waals surface area contributed by atoms with E-state index in [1.54, 1.807) is 30.3 Å². The molecule has 2 aromatic carbocycles. The van der Waals surface area contributed by atoms with Crippen LogP contribution in [0, 0.1) is 0 Å². The second-order valence-electron chi connectivity index (χ2n) is 6.87. The third kappa shape index (κ3) is 6.85. The van der Waals surface area contributed by atoms with Gasteiger partial charge in [-0.15, -0.1) is 13.2 Å². The molecule has 0 spiro atoms. The fourth-order valence-corrected chi connectivity index (χ4v) is 3.52. The van der Waals surface area contributed by atoms with E-state index in [1.807, 2.05) is 0 Å². The maximum Gasteiger partial charge on any atom is 0.573 e. The third-order valence-corrected chi connectivity index (χ3v) is 5.38. The summed E-state index contributed by atoms with van der Waals surface area (Å²) in [6.07, 6.45) is -4.31. The molecule has 0 amide bonds. The van der Waals surface area contributed by atoms with E-state index in [0.717, 1.165) is 11.6 Å². The number of alkyl halides is 3. The fraction of sp³-hybridized carbons (Fsp3) is 0.217. The molecule has 3 rings (SSSR count). The van der Waals surface area contributed by atoms with E-state index < -0.39 is 18.1 Å². The lowest BCUT2D eigenvalue weighted by Gasteiger charge is -2.16. The predicted molar refractivity (Wildman–Crippen MR) is 117 cm³/mol. The summed E-state index contributed by atoms with van der Waals surface area (Å²) in [6, 6.07) is 15.0. The summed E-state index contributed by atoms with van der Waals surface area (Å²) in [5.74, 6) is -0.682. The molecule has 1 heterocycles. The van der Waals surface area contributed by atoms with Gasteiger partial charge in [0.05, 0.1) is 18.4 Å². The number of hydrogen-bond donors (Lipinski definition) is 0. The van der Waals surface area contributed by atoms with E-state index in [0.29, 0.717) is 28.7 Å². The number of rotatable bonds is 8. The van der Waals surface area contributed by atoms with Crippen molar-refractivity contribution < 1.29 is 32.2 Å². The van der Waals surface area contributed by atoms with Gasteiger partial charge in [-0.05, 0) is 58.2 Å². The summed E-state index contributed by atoms with van der Waals surface area (Å²) < 4.78 is 53.7. The Balaban J connectivity index is 1.74. The van der Waals surface area contributed by atoms with Crippen LogP contribution >= 0.6 is 15.9 Å². The first kappa shape index (κ1) is 24.4. The Morgan fingerprint density at radius 2 is 1.73 bits per heavy atom. The Hall–Kier alpha value is -3.27. The van der Waals surface area contributed by atoms with Crippen molar-refractivity contribution in [1.29, 1.82) is 0 Å². The molecule has 0 N–H and O–H groups in total. The smallest absolute Gasteiger partial charge is 0.487 e. The second-order valence-corrected chi connectivity index (χ2v) is 7.72. The van der Waals surface area contributed by atoms with Crippen LogP contribution in [0.15, 0.2) is 69.9 Å². The number of esters is 1. The minimum atomic E-state index is -4.81. The van der Waals surface area contributed by atoms with E-state index in [9.17, 15) is 22.8 Å². The number of nitrogens with zero attached hydrogens (tertiary/aromatic N) is 1. The first-order valence-electron chi connectivity index (χ1n) is 9.70. The zero-order valence-electron chi connectivity index (χ0n) is 17.4. The lowest BCUT2D eigenvalue weighted by Crippen LogP contribution is -2.25. The molecule has 0 saturated heterocycles. The normalized spacial score (nSPS) is 11.2. The van der Waals surface area contributed by atoms with Gasteiger partial charge in [0.1, 0.15) is 18.1 Å². The van der Waals surface area contributed by atoms with Crippen LogP contribution in [0.3, 0.4) is 0 Å². The molecule has 1 aromatic heterocycles. The van der Waals surface area contributed by atoms with Crippen LogP contribution in [-0.2, 0) is 24.3 Å². The molecule has 0 fully saturated rings. The van der Waals surface area contributed by atoms with Crippen molar-refractivity contribution in [3.8, 4) is 11.5 Å². The number of benzene rings is 2. The van der Waals surface area contributed by atoms with Crippen molar-refractivity contribution in [3.05, 3.63) is 92.3 Å². The topological polar surface area (TPSA) is 66.8 Å². The second kappa shape index (κ2) is 10.6. The molecule has 0 bridgehead atoms. The van der Waals surface area contributed by atoms with Gasteiger partial charge in [0.25, 0.3) is 5.56 Å². The Kier molecular flexibility index (Phi) is 7.80. The van der Waals surface area contributed by atoms with E-state index in [-0.39, 0.29) is 17.9 Å². The van der Waals surface area contributed by atoms with Gasteiger partial charge in [0.15, 0.2) is 0 Å². The summed E-state index contributed by atoms with van der Waals surface area (Å²) >= 11 is 3.40. The zero-order chi connectivity index (χ0) is 24.0. The van der Waals surface area contributed by atoms with Gasteiger partial charge in [-0.2, -0.15) is 0 Å². The van der Waals surface area contributed by atoms with Gasteiger partial charge in [-0.25, -0.2) is 4.79 Å². The quantitative estimate of drug-likeness (QED) is 0.382. The van der Waals surface area contributed by atoms with Crippen molar-refractivity contribution in [3.63, 3.8) is 0 Å². The number of methoxy groups -OCH3 is 1. The molecular weight excluding hydrogens is 507 g/mol. The highest BCUT2D eigenvalue weighted by atomic mass is 79.9. The van der Waals surface area contributed by atoms with Gasteiger partial charge in [-0.1, -0.05) is 18.2 Å². The number of aromatic nitrogens is 1. The number of aryl methyl sites for hydroxylation is 1. The first-order valence-corrected chi connectivity index (χ1v) is 10.5. The molecule has 174 valence electrons. The van der Waals surface area contributed by atoms with Crippen LogP contribution in [0.1, 0.15) is 21.6 Å². The number of carbonyl (C=O) groups excluding carboxylic acids is 1. The Morgan fingerprint density at radius 3 is 2.39 bits per heavy atom. The van der Waals surface area contributed by atoms with Crippen LogP contribution in [0.5, 0.6) is 11.5 Å². The SMILES string of the molecule is COC(=O)c1ccc(CCn2c(COc3cccc(OC(F)(F)F)c3)c(Br)ccc2=O)cc1. The number of pyridine rings is 1. The predicted octanol–water partition coefficient (Wildman–Crippen LogP) is 5.12. The zero-order valence-corrected chi connectivity index (χ0v) is 19.0. The third-order valence-electron chi connectivity index (χ3n) is 4.65. The van der Waals surface area contributed by atoms with E-state index in [1.165, 1.54) is 35.9 Å². The van der Waals surface area contributed by atoms with E-state index in [2.05, 4.69) is 25.4 Å². The number of ether oxygens (including phenoxy) is 3. The van der Waals surface area contributed by atoms with Crippen molar-refractivity contribution in [2.24, 2.45) is 0 Å². The largest absolute Gasteiger partial charge is 0.573 e. The minimum Gasteiger partial charge on any atom is -0.487 e. The lowest BCUT2D eigenvalue weighted by atomic mass is 10.1. The minimum absolute atomic E-state index is 0.0621. The molecule has 0 unspecified atom stereocenters. The van der Waals surface area contributed by atoms with Crippen molar-refractivity contribution in [1.82, 2.24) is 4.57 Å². The molecule has 33 heavy (non-hydrogen) atoms. The standard InChI is InChI=1S/C23H19BrF3NO5/c1-31-22(30)16-7-5-15(6-8-16)11-12-28-20(19(24)9-10-21(28)29)14-32-17-3-2-4-18(13-17)33-23(25,26)27/h2-10,13H,11-12,14H2,1H3. The summed E-state index contributed by atoms with van der Waals surface area (Å²) in [5, 5.41) is 0. The lowest BCUT2D eigenvalue weighted by molar-refractivity contribution is -0.274. The summed E-state index contributed by atoms with van der Waals surface area (Å²) in [5.41, 5.74) is 1.60. The summed E-state index contributed by atoms with van der Waals surface area (Å²) in [4.78, 5) is 24.1. The van der Waals surface area contributed by atoms with Crippen molar-refractivity contribution in [2.45, 2.75) is 25.9 Å². The molecule has 0 radical (unpaired) electrons. The average molecular weight is 526 g/mol. The summed E-state index contributed by atoms with van der Waals surface area (Å²) in [7, 11) is 1.30. The molecular formula is C23H19BrF3NO5. The van der Waals surface area contributed by atoms with Crippen LogP contribution in [0.2, 0.25) is 0 Å². The molecule has 10 heteroatoms. The Morgan fingerprint density at radius 1 is 1.03 bits per heavy atom. The van der Waals surface area contributed by atoms with Crippen LogP contribution in [-0.4, -0.2) is 24.0 Å². The highest BCUT2D eigenvalue weighted by Crippen LogP contribution is 2.27. The molecule has 6 nitrogen and oxygen atoms in total. The maximum atomic E-state index is 12.5. The highest BCUT2D eigenvalue weighted by Gasteiger charge is 2.31. The Labute approximate surface area is 195 Å². The van der Waals surface area contributed by atoms with Gasteiger partial charge >= 0.3 is 12.3 Å². The molecule has 0 saturated carbocycles. The number of carbonyl (C=O) groups is 1. The molecule has 0 aliphatic rings. The Bertz CT molecular complexity index is 1180. The fourth-order valence-electron chi connectivity index (χ4n) is 3.06. The first-order chi connectivity index (χ1) is 15.7. The van der Waals surface area contributed by atoms with E-state index >= 15 is 0 Å². The highest BCUT2D eigenvalue weighted by molar-refractivity contribution is 9.10. The maximum absolute atomic E-state index is 12.5. The molecule has 0 aliphatic heterocycles. The van der Waals surface area contributed by atoms with Crippen molar-refractivity contribution >= 4 is 21.9 Å². The van der Waals surface area contributed by atoms with Gasteiger partial charge in [-0.3, -0.25) is 4.79 Å². The molecule has 0 atom stereocenters. The van der Waals surface area contributed by atoms with Crippen LogP contribution < -0.4 is 15.0 Å². The van der Waals surface area contributed by atoms with Crippen LogP contribution in [0.4, 0.5) is 13.2 Å². The average Bonchev–Trinajstić information content (AvgIpc) is 2.77. The molecule has 3 aromatic rings. The number of halogens is 4. The monoisotopic (exact) mass is 525 g/mol. The van der Waals surface area contributed by atoms with Gasteiger partial charge < -0.3 is 18.8 Å². The number of hydrogen-bond acceptors (Lipinski definition) is 5. The van der Waals surface area contributed by atoms with Gasteiger partial charge in [0, 0.05) is 23.2 Å². The van der Waals surface area contributed by atoms with Crippen molar-refractivity contribution in [2.75, 3.05) is 7.11 Å². The molecule has 0 aliphatic carbocycles. The van der Waals surface area contributed by atoms with E-state index in [4.69, 9.17) is 4.74 Å².